The Balaban J connectivity index is 1.06. The normalized spacial score (nSPS) is 19.8. The van der Waals surface area contributed by atoms with E-state index in [1.54, 1.807) is 0 Å². The Labute approximate surface area is 386 Å². The smallest absolute Gasteiger partial charge is 0.238 e. The van der Waals surface area contributed by atoms with Crippen molar-refractivity contribution in [1.29, 1.82) is 0 Å². The molecule has 2 heterocycles. The van der Waals surface area contributed by atoms with E-state index >= 15 is 0 Å². The van der Waals surface area contributed by atoms with Crippen molar-refractivity contribution in [1.82, 2.24) is 19.5 Å². The van der Waals surface area contributed by atoms with Crippen molar-refractivity contribution in [2.75, 3.05) is 0 Å². The molecule has 0 N–H and O–H groups in total. The molecule has 4 aliphatic rings. The zero-order chi connectivity index (χ0) is 44.1. The molecule has 7 aromatic carbocycles. The highest BCUT2D eigenvalue weighted by Crippen LogP contribution is 2.63. The van der Waals surface area contributed by atoms with Crippen molar-refractivity contribution in [2.45, 2.75) is 58.3 Å². The highest BCUT2D eigenvalue weighted by Gasteiger charge is 2.53. The second-order valence-corrected chi connectivity index (χ2v) is 19.6. The van der Waals surface area contributed by atoms with E-state index in [2.05, 4.69) is 207 Å². The highest BCUT2D eigenvalue weighted by atomic mass is 15.2. The van der Waals surface area contributed by atoms with Crippen molar-refractivity contribution in [3.63, 3.8) is 0 Å². The molecule has 13 rings (SSSR count). The van der Waals surface area contributed by atoms with Gasteiger partial charge in [-0.1, -0.05) is 185 Å². The first-order valence-electron chi connectivity index (χ1n) is 23.7. The van der Waals surface area contributed by atoms with Crippen LogP contribution in [0.1, 0.15) is 75.4 Å². The summed E-state index contributed by atoms with van der Waals surface area (Å²) in [6.07, 6.45) is 19.9. The second kappa shape index (κ2) is 14.8. The number of hydrogen-bond donors (Lipinski definition) is 0. The van der Waals surface area contributed by atoms with Gasteiger partial charge in [-0.05, 0) is 117 Å². The molecule has 4 nitrogen and oxygen atoms in total. The van der Waals surface area contributed by atoms with Gasteiger partial charge in [0.2, 0.25) is 5.95 Å². The molecule has 2 aromatic heterocycles. The van der Waals surface area contributed by atoms with Crippen LogP contribution in [0.5, 0.6) is 0 Å². The van der Waals surface area contributed by atoms with Crippen LogP contribution in [0.15, 0.2) is 188 Å². The molecule has 0 saturated carbocycles. The monoisotopic (exact) mass is 850 g/mol. The van der Waals surface area contributed by atoms with Gasteiger partial charge in [0.05, 0.1) is 11.0 Å². The molecule has 0 fully saturated rings. The Bertz CT molecular complexity index is 3650. The second-order valence-electron chi connectivity index (χ2n) is 19.6. The summed E-state index contributed by atoms with van der Waals surface area (Å²) in [4.78, 5) is 16.4. The minimum Gasteiger partial charge on any atom is -0.277 e. The zero-order valence-corrected chi connectivity index (χ0v) is 37.7. The van der Waals surface area contributed by atoms with Crippen LogP contribution in [0.2, 0.25) is 0 Å². The Morgan fingerprint density at radius 1 is 0.591 bits per heavy atom. The molecule has 0 amide bonds. The topological polar surface area (TPSA) is 43.6 Å². The minimum atomic E-state index is -0.0663. The van der Waals surface area contributed by atoms with E-state index < -0.39 is 0 Å². The lowest BCUT2D eigenvalue weighted by atomic mass is 9.62. The maximum atomic E-state index is 5.53. The van der Waals surface area contributed by atoms with E-state index in [1.807, 2.05) is 0 Å². The first kappa shape index (κ1) is 39.0. The molecule has 0 radical (unpaired) electrons. The van der Waals surface area contributed by atoms with Crippen LogP contribution in [-0.4, -0.2) is 19.5 Å². The highest BCUT2D eigenvalue weighted by molar-refractivity contribution is 6.16. The summed E-state index contributed by atoms with van der Waals surface area (Å²) in [5, 5.41) is 7.37. The molecule has 66 heavy (non-hydrogen) atoms. The van der Waals surface area contributed by atoms with E-state index in [0.717, 1.165) is 47.0 Å². The van der Waals surface area contributed by atoms with E-state index in [9.17, 15) is 0 Å². The van der Waals surface area contributed by atoms with Gasteiger partial charge in [0, 0.05) is 38.3 Å². The van der Waals surface area contributed by atoms with Gasteiger partial charge in [-0.2, -0.15) is 9.97 Å². The quantitative estimate of drug-likeness (QED) is 0.173. The predicted octanol–water partition coefficient (Wildman–Crippen LogP) is 15.8. The van der Waals surface area contributed by atoms with Crippen LogP contribution in [0.3, 0.4) is 0 Å². The molecular weight excluding hydrogens is 801 g/mol. The van der Waals surface area contributed by atoms with Crippen molar-refractivity contribution in [2.24, 2.45) is 11.3 Å². The number of aromatic nitrogens is 4. The Morgan fingerprint density at radius 2 is 1.32 bits per heavy atom. The van der Waals surface area contributed by atoms with Crippen LogP contribution >= 0.6 is 0 Å². The van der Waals surface area contributed by atoms with E-state index in [-0.39, 0.29) is 10.8 Å². The lowest BCUT2D eigenvalue weighted by Gasteiger charge is -2.41. The molecule has 0 saturated heterocycles. The maximum Gasteiger partial charge on any atom is 0.238 e. The van der Waals surface area contributed by atoms with Crippen molar-refractivity contribution in [3.8, 4) is 28.5 Å². The molecule has 9 aromatic rings. The average molecular weight is 851 g/mol. The minimum absolute atomic E-state index is 0.0477. The Hall–Kier alpha value is -7.43. The lowest BCUT2D eigenvalue weighted by Crippen LogP contribution is -2.35. The van der Waals surface area contributed by atoms with E-state index in [4.69, 9.17) is 15.0 Å². The van der Waals surface area contributed by atoms with Crippen molar-refractivity contribution < 1.29 is 0 Å². The number of allylic oxidation sites excluding steroid dienone is 10. The molecule has 0 aliphatic heterocycles. The Kier molecular flexibility index (Phi) is 8.74. The first-order chi connectivity index (χ1) is 32.3. The summed E-state index contributed by atoms with van der Waals surface area (Å²) in [6.45, 7) is 7.36. The predicted molar refractivity (Wildman–Crippen MR) is 275 cm³/mol. The third-order valence-electron chi connectivity index (χ3n) is 15.8. The first-order valence-corrected chi connectivity index (χ1v) is 23.7. The van der Waals surface area contributed by atoms with Gasteiger partial charge >= 0.3 is 0 Å². The molecular formula is C62H50N4. The van der Waals surface area contributed by atoms with Crippen LogP contribution in [0.25, 0.3) is 88.5 Å². The average Bonchev–Trinajstić information content (AvgIpc) is 3.62. The fraction of sp³-hybridized carbons (Fsp3) is 0.177. The summed E-state index contributed by atoms with van der Waals surface area (Å²) in [5.74, 6) is 2.51. The van der Waals surface area contributed by atoms with Crippen LogP contribution < -0.4 is 0 Å². The van der Waals surface area contributed by atoms with Gasteiger partial charge in [-0.15, -0.1) is 0 Å². The van der Waals surface area contributed by atoms with Gasteiger partial charge in [-0.25, -0.2) is 4.98 Å². The van der Waals surface area contributed by atoms with E-state index in [1.165, 1.54) is 84.1 Å². The molecule has 2 atom stereocenters. The maximum absolute atomic E-state index is 5.53. The number of benzene rings is 7. The van der Waals surface area contributed by atoms with Crippen LogP contribution in [0, 0.1) is 11.3 Å². The number of rotatable bonds is 5. The van der Waals surface area contributed by atoms with Gasteiger partial charge < -0.3 is 0 Å². The third-order valence-corrected chi connectivity index (χ3v) is 15.8. The standard InChI is InChI=1S/C62H50N4/c1-61(2)53-32-31-42-18-12-13-22-49(42)56(53)54-37-47(33-34-62(54,61)3)50-23-14-24-51-52-36-45-20-10-11-21-46(45)38-55(52)66(57(50)51)60-64-58(43-28-25-41(26-29-43)39-15-6-4-7-16-39)63-59(65-60)48-30-27-40-17-8-5-9-19-44(40)35-48/h4,6-7,9-16,18-26,28-33,35-38,40H,5,8,17,27,34H2,1-3H3. The Morgan fingerprint density at radius 3 is 2.17 bits per heavy atom. The number of para-hydroxylation sites is 1. The molecule has 4 heteroatoms. The van der Waals surface area contributed by atoms with Gasteiger partial charge in [0.1, 0.15) is 0 Å². The molecule has 4 aliphatic carbocycles. The zero-order valence-electron chi connectivity index (χ0n) is 37.7. The van der Waals surface area contributed by atoms with Crippen LogP contribution in [-0.2, 0) is 5.41 Å². The summed E-state index contributed by atoms with van der Waals surface area (Å²) < 4.78 is 2.35. The number of nitrogens with zero attached hydrogens (tertiary/aromatic N) is 4. The van der Waals surface area contributed by atoms with Crippen molar-refractivity contribution >= 4 is 60.1 Å². The summed E-state index contributed by atoms with van der Waals surface area (Å²) in [5.41, 5.74) is 14.5. The summed E-state index contributed by atoms with van der Waals surface area (Å²) in [6, 6.07) is 53.1. The lowest BCUT2D eigenvalue weighted by molar-refractivity contribution is 0.272. The molecule has 0 spiro atoms. The SMILES string of the molecule is CC12CC=C(c3cccc4c5cc6ccccc6cc5n(-c5nc(C6=CCC7CCCC=CC7=C6)nc(-c6ccc(-c7ccccc7)cc6)n5)c34)C=C1c1c(ccc3ccccc13)C2(C)C. The van der Waals surface area contributed by atoms with Crippen molar-refractivity contribution in [3.05, 3.63) is 210 Å². The fourth-order valence-electron chi connectivity index (χ4n) is 11.8. The largest absolute Gasteiger partial charge is 0.277 e. The third kappa shape index (κ3) is 5.93. The van der Waals surface area contributed by atoms with E-state index in [0.29, 0.717) is 23.5 Å². The molecule has 0 bridgehead atoms. The fourth-order valence-corrected chi connectivity index (χ4v) is 11.8. The van der Waals surface area contributed by atoms with Gasteiger partial charge in [0.15, 0.2) is 11.6 Å². The number of hydrogen-bond acceptors (Lipinski definition) is 3. The molecule has 2 unspecified atom stereocenters. The number of fused-ring (bicyclic) bond motifs is 10. The summed E-state index contributed by atoms with van der Waals surface area (Å²) >= 11 is 0. The molecule has 318 valence electrons. The van der Waals surface area contributed by atoms with Crippen LogP contribution in [0.4, 0.5) is 0 Å². The summed E-state index contributed by atoms with van der Waals surface area (Å²) in [7, 11) is 0. The van der Waals surface area contributed by atoms with Gasteiger partial charge in [0.25, 0.3) is 0 Å². The van der Waals surface area contributed by atoms with Gasteiger partial charge in [-0.3, -0.25) is 4.57 Å².